The summed E-state index contributed by atoms with van der Waals surface area (Å²) in [4.78, 5) is 14.8. The van der Waals surface area contributed by atoms with Gasteiger partial charge in [-0.2, -0.15) is 0 Å². The molecule has 2 atom stereocenters. The standard InChI is InChI=1S/C16H22N2O/c1-12-6-4-7-13(12)16(19)18-11-5-10-17-14-8-2-3-9-15(14)18/h2-3,8-9,12-13,17H,4-7,10-11H2,1H3. The topological polar surface area (TPSA) is 32.3 Å². The van der Waals surface area contributed by atoms with Gasteiger partial charge in [0.05, 0.1) is 11.4 Å². The summed E-state index contributed by atoms with van der Waals surface area (Å²) in [6.07, 6.45) is 4.48. The van der Waals surface area contributed by atoms with E-state index < -0.39 is 0 Å². The number of fused-ring (bicyclic) bond motifs is 1. The Bertz CT molecular complexity index is 472. The quantitative estimate of drug-likeness (QED) is 0.838. The Balaban J connectivity index is 1.89. The van der Waals surface area contributed by atoms with Crippen molar-refractivity contribution in [1.82, 2.24) is 0 Å². The van der Waals surface area contributed by atoms with E-state index in [0.717, 1.165) is 37.3 Å². The average molecular weight is 258 g/mol. The molecule has 1 heterocycles. The monoisotopic (exact) mass is 258 g/mol. The molecule has 1 aromatic carbocycles. The van der Waals surface area contributed by atoms with Crippen molar-refractivity contribution in [3.63, 3.8) is 0 Å². The highest BCUT2D eigenvalue weighted by atomic mass is 16.2. The molecule has 19 heavy (non-hydrogen) atoms. The Morgan fingerprint density at radius 3 is 2.89 bits per heavy atom. The molecule has 3 nitrogen and oxygen atoms in total. The van der Waals surface area contributed by atoms with E-state index in [1.807, 2.05) is 17.0 Å². The zero-order valence-electron chi connectivity index (χ0n) is 11.6. The molecule has 3 rings (SSSR count). The molecule has 1 aromatic rings. The van der Waals surface area contributed by atoms with Crippen molar-refractivity contribution in [3.05, 3.63) is 24.3 Å². The van der Waals surface area contributed by atoms with Crippen LogP contribution < -0.4 is 10.2 Å². The van der Waals surface area contributed by atoms with Crippen molar-refractivity contribution in [2.45, 2.75) is 32.6 Å². The van der Waals surface area contributed by atoms with Gasteiger partial charge in [0.15, 0.2) is 0 Å². The summed E-state index contributed by atoms with van der Waals surface area (Å²) < 4.78 is 0. The summed E-state index contributed by atoms with van der Waals surface area (Å²) in [6.45, 7) is 4.00. The summed E-state index contributed by atoms with van der Waals surface area (Å²) in [5.41, 5.74) is 2.16. The van der Waals surface area contributed by atoms with E-state index >= 15 is 0 Å². The predicted octanol–water partition coefficient (Wildman–Crippen LogP) is 3.27. The maximum Gasteiger partial charge on any atom is 0.230 e. The Morgan fingerprint density at radius 2 is 2.11 bits per heavy atom. The number of rotatable bonds is 1. The number of carbonyl (C=O) groups excluding carboxylic acids is 1. The van der Waals surface area contributed by atoms with E-state index in [9.17, 15) is 4.79 Å². The fraction of sp³-hybridized carbons (Fsp3) is 0.562. The van der Waals surface area contributed by atoms with Gasteiger partial charge >= 0.3 is 0 Å². The SMILES string of the molecule is CC1CCCC1C(=O)N1CCCNc2ccccc21. The summed E-state index contributed by atoms with van der Waals surface area (Å²) in [5, 5.41) is 3.42. The fourth-order valence-electron chi connectivity index (χ4n) is 3.38. The van der Waals surface area contributed by atoms with E-state index in [2.05, 4.69) is 24.4 Å². The minimum absolute atomic E-state index is 0.228. The lowest BCUT2D eigenvalue weighted by Crippen LogP contribution is -2.37. The minimum atomic E-state index is 0.228. The van der Waals surface area contributed by atoms with E-state index in [0.29, 0.717) is 11.8 Å². The fourth-order valence-corrected chi connectivity index (χ4v) is 3.38. The highest BCUT2D eigenvalue weighted by molar-refractivity contribution is 5.98. The molecule has 1 aliphatic heterocycles. The smallest absolute Gasteiger partial charge is 0.230 e. The number of nitrogens with zero attached hydrogens (tertiary/aromatic N) is 1. The molecule has 1 aliphatic carbocycles. The van der Waals surface area contributed by atoms with Crippen molar-refractivity contribution in [1.29, 1.82) is 0 Å². The number of benzene rings is 1. The van der Waals surface area contributed by atoms with Crippen LogP contribution in [0.4, 0.5) is 11.4 Å². The molecule has 102 valence electrons. The molecule has 2 unspecified atom stereocenters. The number of nitrogens with one attached hydrogen (secondary N) is 1. The Hall–Kier alpha value is -1.51. The highest BCUT2D eigenvalue weighted by Crippen LogP contribution is 2.36. The Labute approximate surface area is 115 Å². The number of amides is 1. The first-order chi connectivity index (χ1) is 9.27. The van der Waals surface area contributed by atoms with Crippen molar-refractivity contribution in [2.75, 3.05) is 23.3 Å². The van der Waals surface area contributed by atoms with Gasteiger partial charge in [0.25, 0.3) is 0 Å². The molecule has 1 fully saturated rings. The van der Waals surface area contributed by atoms with Gasteiger partial charge < -0.3 is 10.2 Å². The van der Waals surface area contributed by atoms with Crippen LogP contribution in [0.1, 0.15) is 32.6 Å². The maximum atomic E-state index is 12.8. The van der Waals surface area contributed by atoms with E-state index in [1.54, 1.807) is 0 Å². The van der Waals surface area contributed by atoms with Crippen LogP contribution >= 0.6 is 0 Å². The number of para-hydroxylation sites is 2. The first kappa shape index (κ1) is 12.5. The maximum absolute atomic E-state index is 12.8. The number of hydrogen-bond acceptors (Lipinski definition) is 2. The van der Waals surface area contributed by atoms with Gasteiger partial charge in [0, 0.05) is 19.0 Å². The van der Waals surface area contributed by atoms with Crippen molar-refractivity contribution in [3.8, 4) is 0 Å². The Kier molecular flexibility index (Phi) is 3.45. The van der Waals surface area contributed by atoms with Crippen LogP contribution in [-0.2, 0) is 4.79 Å². The van der Waals surface area contributed by atoms with Gasteiger partial charge in [-0.05, 0) is 37.3 Å². The molecule has 0 saturated heterocycles. The summed E-state index contributed by atoms with van der Waals surface area (Å²) in [7, 11) is 0. The molecule has 0 radical (unpaired) electrons. The second-order valence-corrected chi connectivity index (χ2v) is 5.80. The van der Waals surface area contributed by atoms with Gasteiger partial charge in [-0.25, -0.2) is 0 Å². The lowest BCUT2D eigenvalue weighted by Gasteiger charge is -2.27. The number of carbonyl (C=O) groups is 1. The Morgan fingerprint density at radius 1 is 1.26 bits per heavy atom. The first-order valence-electron chi connectivity index (χ1n) is 7.41. The molecule has 3 heteroatoms. The summed E-state index contributed by atoms with van der Waals surface area (Å²) in [5.74, 6) is 1.10. The lowest BCUT2D eigenvalue weighted by molar-refractivity contribution is -0.123. The van der Waals surface area contributed by atoms with E-state index in [4.69, 9.17) is 0 Å². The molecular weight excluding hydrogens is 236 g/mol. The van der Waals surface area contributed by atoms with Crippen LogP contribution in [0.3, 0.4) is 0 Å². The normalized spacial score (nSPS) is 26.5. The second-order valence-electron chi connectivity index (χ2n) is 5.80. The van der Waals surface area contributed by atoms with Crippen LogP contribution in [0.25, 0.3) is 0 Å². The van der Waals surface area contributed by atoms with Crippen LogP contribution in [0.15, 0.2) is 24.3 Å². The molecule has 0 spiro atoms. The lowest BCUT2D eigenvalue weighted by atomic mass is 9.96. The van der Waals surface area contributed by atoms with Gasteiger partial charge in [0.2, 0.25) is 5.91 Å². The van der Waals surface area contributed by atoms with Crippen LogP contribution in [-0.4, -0.2) is 19.0 Å². The van der Waals surface area contributed by atoms with E-state index in [-0.39, 0.29) is 5.92 Å². The molecule has 1 N–H and O–H groups in total. The second kappa shape index (κ2) is 5.24. The highest BCUT2D eigenvalue weighted by Gasteiger charge is 2.34. The number of anilines is 2. The van der Waals surface area contributed by atoms with Crippen molar-refractivity contribution in [2.24, 2.45) is 11.8 Å². The number of hydrogen-bond donors (Lipinski definition) is 1. The molecule has 1 amide bonds. The molecule has 0 bridgehead atoms. The third kappa shape index (κ3) is 2.34. The van der Waals surface area contributed by atoms with Gasteiger partial charge in [0.1, 0.15) is 0 Å². The third-order valence-electron chi connectivity index (χ3n) is 4.51. The molecule has 1 saturated carbocycles. The zero-order chi connectivity index (χ0) is 13.2. The van der Waals surface area contributed by atoms with Gasteiger partial charge in [-0.1, -0.05) is 25.5 Å². The largest absolute Gasteiger partial charge is 0.383 e. The molecular formula is C16H22N2O. The third-order valence-corrected chi connectivity index (χ3v) is 4.51. The molecule has 2 aliphatic rings. The minimum Gasteiger partial charge on any atom is -0.383 e. The average Bonchev–Trinajstić information content (AvgIpc) is 2.74. The van der Waals surface area contributed by atoms with Crippen LogP contribution in [0, 0.1) is 11.8 Å². The van der Waals surface area contributed by atoms with Crippen LogP contribution in [0.5, 0.6) is 0 Å². The zero-order valence-corrected chi connectivity index (χ0v) is 11.6. The van der Waals surface area contributed by atoms with Gasteiger partial charge in [-0.3, -0.25) is 4.79 Å². The first-order valence-corrected chi connectivity index (χ1v) is 7.41. The van der Waals surface area contributed by atoms with Crippen molar-refractivity contribution >= 4 is 17.3 Å². The van der Waals surface area contributed by atoms with Crippen LogP contribution in [0.2, 0.25) is 0 Å². The van der Waals surface area contributed by atoms with E-state index in [1.165, 1.54) is 12.8 Å². The molecule has 0 aromatic heterocycles. The van der Waals surface area contributed by atoms with Gasteiger partial charge in [-0.15, -0.1) is 0 Å². The van der Waals surface area contributed by atoms with Crippen molar-refractivity contribution < 1.29 is 4.79 Å². The predicted molar refractivity (Wildman–Crippen MR) is 78.4 cm³/mol. The summed E-state index contributed by atoms with van der Waals surface area (Å²) >= 11 is 0. The summed E-state index contributed by atoms with van der Waals surface area (Å²) in [6, 6.07) is 8.17.